The molecule has 1 spiro atoms. The number of allylic oxidation sites excluding steroid dienone is 2. The number of hydrogen-bond acceptors (Lipinski definition) is 9. The maximum Gasteiger partial charge on any atom is 0.318 e. The highest BCUT2D eigenvalue weighted by Crippen LogP contribution is 2.76. The lowest BCUT2D eigenvalue weighted by atomic mass is 9.31. The molecule has 0 aromatic heterocycles. The summed E-state index contributed by atoms with van der Waals surface area (Å²) in [4.78, 5) is 78.9. The minimum atomic E-state index is -0.859. The van der Waals surface area contributed by atoms with Gasteiger partial charge in [-0.05, 0) is 106 Å². The summed E-state index contributed by atoms with van der Waals surface area (Å²) in [5.41, 5.74) is -1.95. The highest BCUT2D eigenvalue weighted by molar-refractivity contribution is 5.98. The Morgan fingerprint density at radius 1 is 0.891 bits per heavy atom. The fraction of sp³-hybridized carbons (Fsp3) is 0.844. The van der Waals surface area contributed by atoms with Crippen molar-refractivity contribution in [1.29, 1.82) is 0 Å². The number of carbonyl (C=O) groups excluding carboxylic acids is 4. The molecule has 10 nitrogen and oxygen atoms in total. The van der Waals surface area contributed by atoms with E-state index in [9.17, 15) is 29.1 Å². The number of esters is 4. The Kier molecular flexibility index (Phi) is 13.1. The summed E-state index contributed by atoms with van der Waals surface area (Å²) < 4.78 is 10.5. The van der Waals surface area contributed by atoms with Crippen LogP contribution in [0.5, 0.6) is 0 Å². The second kappa shape index (κ2) is 17.1. The molecular weight excluding hydrogens is 700 g/mol. The highest BCUT2D eigenvalue weighted by atomic mass is 17.2. The summed E-state index contributed by atoms with van der Waals surface area (Å²) in [6.45, 7) is 12.8. The number of ether oxygens (including phenoxy) is 2. The molecule has 308 valence electrons. The van der Waals surface area contributed by atoms with Crippen molar-refractivity contribution in [3.8, 4) is 0 Å². The predicted octanol–water partition coefficient (Wildman–Crippen LogP) is 9.18. The molecule has 5 aliphatic carbocycles. The average Bonchev–Trinajstić information content (AvgIpc) is 3.65. The van der Waals surface area contributed by atoms with Crippen LogP contribution in [0.2, 0.25) is 0 Å². The Morgan fingerprint density at radius 2 is 1.64 bits per heavy atom. The van der Waals surface area contributed by atoms with E-state index in [1.54, 1.807) is 0 Å². The van der Waals surface area contributed by atoms with E-state index in [1.165, 1.54) is 19.3 Å². The molecule has 10 heteroatoms. The SMILES string of the molecule is CCC/C=C/C(CCC(CCCCCCCC)OOC1C(C(C)C)C2CC3C4(C)CCCC(C)(C(=O)O)C4CCC13C1C(=O)OC(=O)C21)C1CC(=O)OC1=O. The van der Waals surface area contributed by atoms with Crippen LogP contribution < -0.4 is 0 Å². The Morgan fingerprint density at radius 3 is 2.31 bits per heavy atom. The predicted molar refractivity (Wildman–Crippen MR) is 205 cm³/mol. The summed E-state index contributed by atoms with van der Waals surface area (Å²) in [6, 6.07) is 0. The first-order valence-corrected chi connectivity index (χ1v) is 22.0. The molecule has 0 radical (unpaired) electrons. The van der Waals surface area contributed by atoms with E-state index in [1.807, 2.05) is 6.92 Å². The molecule has 7 aliphatic rings. The molecular formula is C45H68O10. The molecule has 7 rings (SSSR count). The third-order valence-electron chi connectivity index (χ3n) is 15.8. The number of carboxylic acid groups (broad SMARTS) is 1. The van der Waals surface area contributed by atoms with E-state index in [-0.39, 0.29) is 53.4 Å². The van der Waals surface area contributed by atoms with Crippen molar-refractivity contribution in [3.05, 3.63) is 12.2 Å². The first-order valence-electron chi connectivity index (χ1n) is 22.0. The average molecular weight is 769 g/mol. The molecule has 2 heterocycles. The second-order valence-electron chi connectivity index (χ2n) is 19.2. The number of cyclic esters (lactones) is 4. The normalized spacial score (nSPS) is 39.2. The van der Waals surface area contributed by atoms with Crippen LogP contribution in [-0.4, -0.2) is 47.2 Å². The van der Waals surface area contributed by atoms with Gasteiger partial charge in [0.05, 0.1) is 35.7 Å². The van der Waals surface area contributed by atoms with Gasteiger partial charge in [0.15, 0.2) is 0 Å². The van der Waals surface area contributed by atoms with E-state index in [2.05, 4.69) is 46.8 Å². The largest absolute Gasteiger partial charge is 0.481 e. The van der Waals surface area contributed by atoms with E-state index in [4.69, 9.17) is 19.2 Å². The smallest absolute Gasteiger partial charge is 0.318 e. The zero-order valence-corrected chi connectivity index (χ0v) is 34.4. The molecule has 0 aromatic rings. The van der Waals surface area contributed by atoms with Crippen molar-refractivity contribution in [2.24, 2.45) is 69.5 Å². The molecule has 2 bridgehead atoms. The zero-order valence-electron chi connectivity index (χ0n) is 34.4. The van der Waals surface area contributed by atoms with Crippen LogP contribution in [0.25, 0.3) is 0 Å². The molecule has 2 aliphatic heterocycles. The van der Waals surface area contributed by atoms with Crippen molar-refractivity contribution in [2.45, 2.75) is 169 Å². The molecule has 13 atom stereocenters. The monoisotopic (exact) mass is 768 g/mol. The summed E-state index contributed by atoms with van der Waals surface area (Å²) in [5.74, 6) is -4.53. The van der Waals surface area contributed by atoms with Crippen LogP contribution in [0, 0.1) is 69.5 Å². The molecule has 7 fully saturated rings. The molecule has 13 unspecified atom stereocenters. The number of hydrogen-bond donors (Lipinski definition) is 1. The molecule has 0 amide bonds. The second-order valence-corrected chi connectivity index (χ2v) is 19.2. The number of rotatable bonds is 19. The van der Waals surface area contributed by atoms with Crippen molar-refractivity contribution < 1.29 is 48.3 Å². The quantitative estimate of drug-likeness (QED) is 0.0338. The van der Waals surface area contributed by atoms with E-state index in [0.717, 1.165) is 57.8 Å². The minimum Gasteiger partial charge on any atom is -0.481 e. The lowest BCUT2D eigenvalue weighted by molar-refractivity contribution is -0.419. The van der Waals surface area contributed by atoms with Crippen LogP contribution in [0.15, 0.2) is 12.2 Å². The first-order chi connectivity index (χ1) is 26.2. The van der Waals surface area contributed by atoms with Gasteiger partial charge in [-0.25, -0.2) is 9.78 Å². The van der Waals surface area contributed by atoms with E-state index >= 15 is 0 Å². The molecule has 2 saturated heterocycles. The highest BCUT2D eigenvalue weighted by Gasteiger charge is 2.78. The number of fused-ring (bicyclic) bond motifs is 2. The summed E-state index contributed by atoms with van der Waals surface area (Å²) in [7, 11) is 0. The Labute approximate surface area is 328 Å². The van der Waals surface area contributed by atoms with Gasteiger partial charge in [0.1, 0.15) is 6.10 Å². The van der Waals surface area contributed by atoms with Crippen molar-refractivity contribution >= 4 is 29.8 Å². The maximum atomic E-state index is 13.9. The topological polar surface area (TPSA) is 143 Å². The standard InChI is InChI=1S/C45H68O10/c1-7-9-11-12-13-15-18-29(20-19-28(17-14-10-8-2)30-26-34(46)52-39(30)47)54-55-38-35(27(3)4)31-25-33-43(5)22-16-23-44(6,42(50)51)32(43)21-24-45(33,38)37-36(31)40(48)53-41(37)49/h14,17,27-33,35-38H,7-13,15-16,18-26H2,1-6H3,(H,50,51)/b17-14+. The number of carbonyl (C=O) groups is 5. The van der Waals surface area contributed by atoms with Gasteiger partial charge in [-0.1, -0.05) is 98.1 Å². The summed E-state index contributed by atoms with van der Waals surface area (Å²) in [5, 5.41) is 10.6. The number of aliphatic carboxylic acids is 1. The van der Waals surface area contributed by atoms with Gasteiger partial charge in [-0.15, -0.1) is 0 Å². The van der Waals surface area contributed by atoms with Gasteiger partial charge < -0.3 is 14.6 Å². The third-order valence-corrected chi connectivity index (χ3v) is 15.8. The van der Waals surface area contributed by atoms with Crippen LogP contribution in [0.1, 0.15) is 157 Å². The number of unbranched alkanes of at least 4 members (excludes halogenated alkanes) is 6. The fourth-order valence-electron chi connectivity index (χ4n) is 13.3. The maximum absolute atomic E-state index is 13.9. The van der Waals surface area contributed by atoms with Gasteiger partial charge in [0.25, 0.3) is 0 Å². The third kappa shape index (κ3) is 7.61. The molecule has 0 aromatic carbocycles. The minimum absolute atomic E-state index is 0.0259. The van der Waals surface area contributed by atoms with Gasteiger partial charge in [-0.3, -0.25) is 24.0 Å². The Bertz CT molecular complexity index is 1470. The first kappa shape index (κ1) is 42.0. The van der Waals surface area contributed by atoms with Crippen molar-refractivity contribution in [2.75, 3.05) is 0 Å². The lowest BCUT2D eigenvalue weighted by Crippen LogP contribution is -2.73. The van der Waals surface area contributed by atoms with Crippen LogP contribution >= 0.6 is 0 Å². The zero-order chi connectivity index (χ0) is 39.7. The summed E-state index contributed by atoms with van der Waals surface area (Å²) >= 11 is 0. The van der Waals surface area contributed by atoms with Crippen LogP contribution in [0.4, 0.5) is 0 Å². The Balaban J connectivity index is 1.31. The van der Waals surface area contributed by atoms with E-state index < -0.39 is 64.5 Å². The fourth-order valence-corrected chi connectivity index (χ4v) is 13.3. The Hall–Kier alpha value is -2.59. The van der Waals surface area contributed by atoms with E-state index in [0.29, 0.717) is 32.1 Å². The van der Waals surface area contributed by atoms with Gasteiger partial charge in [0, 0.05) is 5.41 Å². The van der Waals surface area contributed by atoms with Crippen LogP contribution in [0.3, 0.4) is 0 Å². The van der Waals surface area contributed by atoms with Crippen LogP contribution in [-0.2, 0) is 43.2 Å². The number of carboxylic acids is 1. The molecule has 1 N–H and O–H groups in total. The van der Waals surface area contributed by atoms with Crippen molar-refractivity contribution in [1.82, 2.24) is 0 Å². The van der Waals surface area contributed by atoms with Gasteiger partial charge in [0.2, 0.25) is 0 Å². The molecule has 5 saturated carbocycles. The lowest BCUT2D eigenvalue weighted by Gasteiger charge is -2.72. The van der Waals surface area contributed by atoms with Crippen molar-refractivity contribution in [3.63, 3.8) is 0 Å². The van der Waals surface area contributed by atoms with Gasteiger partial charge in [-0.2, -0.15) is 0 Å². The van der Waals surface area contributed by atoms with Gasteiger partial charge >= 0.3 is 29.8 Å². The summed E-state index contributed by atoms with van der Waals surface area (Å²) in [6.07, 6.45) is 18.5. The molecule has 55 heavy (non-hydrogen) atoms.